The average Bonchev–Trinajstić information content (AvgIpc) is 3.23. The molecule has 5 heteroatoms. The van der Waals surface area contributed by atoms with Crippen LogP contribution < -0.4 is 10.1 Å². The number of rotatable bonds is 4. The summed E-state index contributed by atoms with van der Waals surface area (Å²) >= 11 is 6.08. The van der Waals surface area contributed by atoms with E-state index in [0.717, 1.165) is 28.9 Å². The number of hydrogen-bond acceptors (Lipinski definition) is 3. The Morgan fingerprint density at radius 1 is 1.07 bits per heavy atom. The van der Waals surface area contributed by atoms with Gasteiger partial charge >= 0.3 is 0 Å². The smallest absolute Gasteiger partial charge is 0.148 e. The van der Waals surface area contributed by atoms with Crippen molar-refractivity contribution in [3.8, 4) is 5.75 Å². The molecule has 148 valence electrons. The largest absolute Gasteiger partial charge is 0.489 e. The number of anilines is 1. The van der Waals surface area contributed by atoms with Gasteiger partial charge in [-0.25, -0.2) is 4.39 Å². The second-order valence-electron chi connectivity index (χ2n) is 7.56. The Hall–Kier alpha value is -2.56. The lowest BCUT2D eigenvalue weighted by Crippen LogP contribution is -2.30. The fourth-order valence-corrected chi connectivity index (χ4v) is 4.56. The molecular formula is C24H21ClFNO2. The van der Waals surface area contributed by atoms with E-state index >= 15 is 0 Å². The van der Waals surface area contributed by atoms with Crippen molar-refractivity contribution in [2.45, 2.75) is 25.2 Å². The SMILES string of the molecule is Fc1cc(Cl)cc2c1NC(c1ccc(OCc3ccccc3)cc1)C1CCOC21. The lowest BCUT2D eigenvalue weighted by Gasteiger charge is -2.36. The van der Waals surface area contributed by atoms with Crippen LogP contribution in [0.5, 0.6) is 5.75 Å². The molecule has 2 aliphatic heterocycles. The molecule has 0 spiro atoms. The van der Waals surface area contributed by atoms with Crippen molar-refractivity contribution < 1.29 is 13.9 Å². The van der Waals surface area contributed by atoms with E-state index in [0.29, 0.717) is 23.9 Å². The number of fused-ring (bicyclic) bond motifs is 3. The molecule has 0 bridgehead atoms. The third-order valence-corrected chi connectivity index (χ3v) is 5.96. The van der Waals surface area contributed by atoms with Gasteiger partial charge in [0.25, 0.3) is 0 Å². The van der Waals surface area contributed by atoms with Crippen LogP contribution in [-0.4, -0.2) is 6.61 Å². The Bertz CT molecular complexity index is 1010. The molecule has 1 fully saturated rings. The van der Waals surface area contributed by atoms with Crippen molar-refractivity contribution in [1.82, 2.24) is 0 Å². The fraction of sp³-hybridized carbons (Fsp3) is 0.250. The molecule has 0 amide bonds. The summed E-state index contributed by atoms with van der Waals surface area (Å²) < 4.78 is 26.4. The van der Waals surface area contributed by atoms with Gasteiger partial charge in [-0.15, -0.1) is 0 Å². The molecule has 3 atom stereocenters. The summed E-state index contributed by atoms with van der Waals surface area (Å²) in [6.07, 6.45) is 0.778. The quantitative estimate of drug-likeness (QED) is 0.548. The van der Waals surface area contributed by atoms with Gasteiger partial charge in [-0.1, -0.05) is 54.1 Å². The van der Waals surface area contributed by atoms with E-state index < -0.39 is 0 Å². The zero-order valence-electron chi connectivity index (χ0n) is 15.8. The highest BCUT2D eigenvalue weighted by Crippen LogP contribution is 2.51. The first-order valence-electron chi connectivity index (χ1n) is 9.83. The lowest BCUT2D eigenvalue weighted by molar-refractivity contribution is 0.0825. The first-order chi connectivity index (χ1) is 14.2. The van der Waals surface area contributed by atoms with Crippen LogP contribution in [0, 0.1) is 11.7 Å². The molecule has 0 radical (unpaired) electrons. The summed E-state index contributed by atoms with van der Waals surface area (Å²) in [7, 11) is 0. The number of nitrogens with one attached hydrogen (secondary N) is 1. The summed E-state index contributed by atoms with van der Waals surface area (Å²) in [4.78, 5) is 0. The van der Waals surface area contributed by atoms with Gasteiger partial charge in [0.1, 0.15) is 18.2 Å². The number of hydrogen-bond donors (Lipinski definition) is 1. The Kier molecular flexibility index (Phi) is 4.90. The highest BCUT2D eigenvalue weighted by atomic mass is 35.5. The summed E-state index contributed by atoms with van der Waals surface area (Å²) in [5.41, 5.74) is 3.53. The number of ether oxygens (including phenoxy) is 2. The summed E-state index contributed by atoms with van der Waals surface area (Å²) in [6, 6.07) is 21.3. The predicted octanol–water partition coefficient (Wildman–Crippen LogP) is 6.30. The molecule has 29 heavy (non-hydrogen) atoms. The highest BCUT2D eigenvalue weighted by Gasteiger charge is 2.42. The summed E-state index contributed by atoms with van der Waals surface area (Å²) in [5, 5.41) is 3.80. The third kappa shape index (κ3) is 3.59. The van der Waals surface area contributed by atoms with E-state index in [4.69, 9.17) is 21.1 Å². The van der Waals surface area contributed by atoms with Crippen molar-refractivity contribution in [2.24, 2.45) is 5.92 Å². The Morgan fingerprint density at radius 2 is 1.86 bits per heavy atom. The second kappa shape index (κ2) is 7.69. The average molecular weight is 410 g/mol. The van der Waals surface area contributed by atoms with Crippen LogP contribution in [0.3, 0.4) is 0 Å². The highest BCUT2D eigenvalue weighted by molar-refractivity contribution is 6.30. The molecule has 3 aromatic rings. The Morgan fingerprint density at radius 3 is 2.66 bits per heavy atom. The maximum Gasteiger partial charge on any atom is 0.148 e. The molecule has 0 aromatic heterocycles. The van der Waals surface area contributed by atoms with Crippen LogP contribution in [0.1, 0.15) is 35.3 Å². The van der Waals surface area contributed by atoms with E-state index in [-0.39, 0.29) is 23.9 Å². The molecule has 2 heterocycles. The van der Waals surface area contributed by atoms with E-state index in [1.165, 1.54) is 6.07 Å². The van der Waals surface area contributed by atoms with E-state index in [1.807, 2.05) is 60.7 Å². The standard InChI is InChI=1S/C24H21ClFNO2/c25-17-12-20-23(21(26)13-17)27-22(19-10-11-28-24(19)20)16-6-8-18(9-7-16)29-14-15-4-2-1-3-5-15/h1-9,12-13,19,22,24,27H,10-11,14H2. The molecule has 3 aromatic carbocycles. The monoisotopic (exact) mass is 409 g/mol. The fourth-order valence-electron chi connectivity index (χ4n) is 4.34. The number of benzene rings is 3. The zero-order chi connectivity index (χ0) is 19.8. The van der Waals surface area contributed by atoms with Crippen molar-refractivity contribution in [1.29, 1.82) is 0 Å². The van der Waals surface area contributed by atoms with Gasteiger partial charge in [0.05, 0.1) is 17.8 Å². The van der Waals surface area contributed by atoms with E-state index in [1.54, 1.807) is 0 Å². The van der Waals surface area contributed by atoms with Crippen LogP contribution in [0.15, 0.2) is 66.7 Å². The molecule has 1 N–H and O–H groups in total. The molecule has 3 nitrogen and oxygen atoms in total. The predicted molar refractivity (Wildman–Crippen MR) is 112 cm³/mol. The summed E-state index contributed by atoms with van der Waals surface area (Å²) in [6.45, 7) is 1.19. The molecular weight excluding hydrogens is 389 g/mol. The van der Waals surface area contributed by atoms with Gasteiger partial charge in [0.15, 0.2) is 0 Å². The first kappa shape index (κ1) is 18.5. The van der Waals surface area contributed by atoms with Crippen molar-refractivity contribution in [3.63, 3.8) is 0 Å². The van der Waals surface area contributed by atoms with Gasteiger partial charge in [0.2, 0.25) is 0 Å². The molecule has 3 unspecified atom stereocenters. The molecule has 1 saturated heterocycles. The van der Waals surface area contributed by atoms with Crippen molar-refractivity contribution in [3.05, 3.63) is 94.3 Å². The normalized spacial score (nSPS) is 22.5. The minimum Gasteiger partial charge on any atom is -0.489 e. The maximum atomic E-state index is 14.6. The lowest BCUT2D eigenvalue weighted by atomic mass is 9.81. The van der Waals surface area contributed by atoms with Gasteiger partial charge < -0.3 is 14.8 Å². The Labute approximate surface area is 174 Å². The first-order valence-corrected chi connectivity index (χ1v) is 10.2. The van der Waals surface area contributed by atoms with Gasteiger partial charge in [-0.2, -0.15) is 0 Å². The van der Waals surface area contributed by atoms with Crippen molar-refractivity contribution >= 4 is 17.3 Å². The van der Waals surface area contributed by atoms with Crippen LogP contribution in [0.4, 0.5) is 10.1 Å². The van der Waals surface area contributed by atoms with Crippen LogP contribution >= 0.6 is 11.6 Å². The Balaban J connectivity index is 1.37. The maximum absolute atomic E-state index is 14.6. The molecule has 0 aliphatic carbocycles. The third-order valence-electron chi connectivity index (χ3n) is 5.75. The zero-order valence-corrected chi connectivity index (χ0v) is 16.5. The van der Waals surface area contributed by atoms with Crippen LogP contribution in [-0.2, 0) is 11.3 Å². The van der Waals surface area contributed by atoms with Gasteiger partial charge in [-0.3, -0.25) is 0 Å². The minimum absolute atomic E-state index is 0.0196. The summed E-state index contributed by atoms with van der Waals surface area (Å²) in [5.74, 6) is 0.705. The van der Waals surface area contributed by atoms with Crippen LogP contribution in [0.2, 0.25) is 5.02 Å². The molecule has 2 aliphatic rings. The molecule has 0 saturated carbocycles. The topological polar surface area (TPSA) is 30.5 Å². The van der Waals surface area contributed by atoms with E-state index in [9.17, 15) is 4.39 Å². The van der Waals surface area contributed by atoms with E-state index in [2.05, 4.69) is 5.32 Å². The van der Waals surface area contributed by atoms with Gasteiger partial charge in [0, 0.05) is 23.1 Å². The second-order valence-corrected chi connectivity index (χ2v) is 8.00. The van der Waals surface area contributed by atoms with Gasteiger partial charge in [-0.05, 0) is 41.8 Å². The van der Waals surface area contributed by atoms with Crippen LogP contribution in [0.25, 0.3) is 0 Å². The number of halogens is 2. The minimum atomic E-state index is -0.339. The van der Waals surface area contributed by atoms with Crippen molar-refractivity contribution in [2.75, 3.05) is 11.9 Å². The molecule has 5 rings (SSSR count).